The number of rotatable bonds is 6. The largest absolute Gasteiger partial charge is 0.352 e. The van der Waals surface area contributed by atoms with Gasteiger partial charge in [-0.15, -0.1) is 0 Å². The monoisotopic (exact) mass is 184 g/mol. The Balaban J connectivity index is 2.10. The van der Waals surface area contributed by atoms with Crippen molar-refractivity contribution in [3.63, 3.8) is 0 Å². The molecule has 0 aliphatic rings. The van der Waals surface area contributed by atoms with E-state index in [0.717, 1.165) is 26.1 Å². The van der Waals surface area contributed by atoms with E-state index in [9.17, 15) is 0 Å². The van der Waals surface area contributed by atoms with Gasteiger partial charge in [-0.2, -0.15) is 0 Å². The number of hydrogen-bond acceptors (Lipinski definition) is 5. The quantitative estimate of drug-likeness (QED) is 0.590. The standard InChI is InChI=1S/C7H16N6/c1-3-4-8-5-6-9-7-10-11-12-13(7)2/h8H,3-6H2,1-2H3,(H,9,10,12). The van der Waals surface area contributed by atoms with Gasteiger partial charge in [-0.1, -0.05) is 12.0 Å². The van der Waals surface area contributed by atoms with Gasteiger partial charge in [0.25, 0.3) is 0 Å². The fourth-order valence-corrected chi connectivity index (χ4v) is 0.944. The molecule has 0 fully saturated rings. The van der Waals surface area contributed by atoms with Gasteiger partial charge in [0.2, 0.25) is 5.95 Å². The lowest BCUT2D eigenvalue weighted by atomic mass is 10.5. The minimum atomic E-state index is 0.707. The number of aromatic nitrogens is 4. The highest BCUT2D eigenvalue weighted by Crippen LogP contribution is 1.92. The zero-order chi connectivity index (χ0) is 9.52. The lowest BCUT2D eigenvalue weighted by Gasteiger charge is -2.04. The molecule has 0 bridgehead atoms. The second-order valence-corrected chi connectivity index (χ2v) is 2.80. The third kappa shape index (κ3) is 3.37. The summed E-state index contributed by atoms with van der Waals surface area (Å²) in [6.45, 7) is 4.97. The molecule has 0 aliphatic heterocycles. The lowest BCUT2D eigenvalue weighted by molar-refractivity contribution is 0.679. The number of hydrogen-bond donors (Lipinski definition) is 2. The van der Waals surface area contributed by atoms with Crippen LogP contribution in [0.1, 0.15) is 13.3 Å². The Labute approximate surface area is 77.7 Å². The van der Waals surface area contributed by atoms with Crippen LogP contribution >= 0.6 is 0 Å². The summed E-state index contributed by atoms with van der Waals surface area (Å²) >= 11 is 0. The first-order chi connectivity index (χ1) is 6.34. The second-order valence-electron chi connectivity index (χ2n) is 2.80. The van der Waals surface area contributed by atoms with Gasteiger partial charge in [0.1, 0.15) is 0 Å². The summed E-state index contributed by atoms with van der Waals surface area (Å²) in [5.41, 5.74) is 0. The van der Waals surface area contributed by atoms with Crippen molar-refractivity contribution < 1.29 is 0 Å². The fourth-order valence-electron chi connectivity index (χ4n) is 0.944. The Morgan fingerprint density at radius 3 is 2.77 bits per heavy atom. The normalized spacial score (nSPS) is 10.3. The minimum absolute atomic E-state index is 0.707. The first-order valence-corrected chi connectivity index (χ1v) is 4.51. The molecule has 2 N–H and O–H groups in total. The molecule has 1 rings (SSSR count). The molecule has 0 atom stereocenters. The number of anilines is 1. The van der Waals surface area contributed by atoms with Crippen LogP contribution in [-0.2, 0) is 7.05 Å². The highest BCUT2D eigenvalue weighted by Gasteiger charge is 1.98. The maximum atomic E-state index is 3.80. The topological polar surface area (TPSA) is 67.7 Å². The van der Waals surface area contributed by atoms with E-state index in [0.29, 0.717) is 5.95 Å². The van der Waals surface area contributed by atoms with Crippen LogP contribution in [0.25, 0.3) is 0 Å². The molecule has 13 heavy (non-hydrogen) atoms. The fraction of sp³-hybridized carbons (Fsp3) is 0.857. The smallest absolute Gasteiger partial charge is 0.242 e. The molecule has 0 aliphatic carbocycles. The van der Waals surface area contributed by atoms with Crippen molar-refractivity contribution in [2.24, 2.45) is 7.05 Å². The van der Waals surface area contributed by atoms with E-state index in [1.54, 1.807) is 4.68 Å². The van der Waals surface area contributed by atoms with Gasteiger partial charge in [-0.25, -0.2) is 4.68 Å². The van der Waals surface area contributed by atoms with E-state index in [4.69, 9.17) is 0 Å². The Kier molecular flexibility index (Phi) is 4.17. The highest BCUT2D eigenvalue weighted by molar-refractivity contribution is 5.20. The zero-order valence-electron chi connectivity index (χ0n) is 8.12. The number of nitrogens with one attached hydrogen (secondary N) is 2. The summed E-state index contributed by atoms with van der Waals surface area (Å²) < 4.78 is 1.61. The van der Waals surface area contributed by atoms with E-state index in [1.165, 1.54) is 0 Å². The average molecular weight is 184 g/mol. The summed E-state index contributed by atoms with van der Waals surface area (Å²) in [4.78, 5) is 0. The number of aryl methyl sites for hydroxylation is 1. The molecule has 0 spiro atoms. The molecule has 0 saturated carbocycles. The van der Waals surface area contributed by atoms with Gasteiger partial charge in [-0.05, 0) is 23.4 Å². The molecular formula is C7H16N6. The van der Waals surface area contributed by atoms with Gasteiger partial charge in [0, 0.05) is 20.1 Å². The van der Waals surface area contributed by atoms with Crippen LogP contribution < -0.4 is 10.6 Å². The van der Waals surface area contributed by atoms with E-state index in [2.05, 4.69) is 33.1 Å². The van der Waals surface area contributed by atoms with Gasteiger partial charge in [-0.3, -0.25) is 0 Å². The van der Waals surface area contributed by atoms with Crippen LogP contribution in [0.15, 0.2) is 0 Å². The molecule has 0 unspecified atom stereocenters. The predicted octanol–water partition coefficient (Wildman–Crippen LogP) is -0.378. The van der Waals surface area contributed by atoms with Crippen LogP contribution in [0.5, 0.6) is 0 Å². The van der Waals surface area contributed by atoms with Gasteiger partial charge in [0.05, 0.1) is 0 Å². The molecule has 74 valence electrons. The van der Waals surface area contributed by atoms with Crippen molar-refractivity contribution in [1.82, 2.24) is 25.5 Å². The molecule has 1 aromatic rings. The van der Waals surface area contributed by atoms with Gasteiger partial charge < -0.3 is 10.6 Å². The Hall–Kier alpha value is -1.17. The Morgan fingerprint density at radius 1 is 1.31 bits per heavy atom. The van der Waals surface area contributed by atoms with Crippen molar-refractivity contribution in [2.75, 3.05) is 25.0 Å². The lowest BCUT2D eigenvalue weighted by Crippen LogP contribution is -2.23. The molecule has 6 nitrogen and oxygen atoms in total. The Morgan fingerprint density at radius 2 is 2.15 bits per heavy atom. The van der Waals surface area contributed by atoms with Crippen molar-refractivity contribution in [3.05, 3.63) is 0 Å². The molecule has 0 radical (unpaired) electrons. The summed E-state index contributed by atoms with van der Waals surface area (Å²) in [7, 11) is 1.81. The summed E-state index contributed by atoms with van der Waals surface area (Å²) in [5.74, 6) is 0.707. The SMILES string of the molecule is CCCNCCNc1nnnn1C. The van der Waals surface area contributed by atoms with Crippen LogP contribution in [0.3, 0.4) is 0 Å². The van der Waals surface area contributed by atoms with Crippen molar-refractivity contribution in [1.29, 1.82) is 0 Å². The molecule has 0 aromatic carbocycles. The molecular weight excluding hydrogens is 168 g/mol. The second kappa shape index (κ2) is 5.47. The van der Waals surface area contributed by atoms with E-state index in [-0.39, 0.29) is 0 Å². The van der Waals surface area contributed by atoms with Crippen molar-refractivity contribution in [3.8, 4) is 0 Å². The van der Waals surface area contributed by atoms with Gasteiger partial charge in [0.15, 0.2) is 0 Å². The Bertz CT molecular complexity index is 233. The van der Waals surface area contributed by atoms with E-state index < -0.39 is 0 Å². The number of tetrazole rings is 1. The molecule has 0 saturated heterocycles. The van der Waals surface area contributed by atoms with E-state index >= 15 is 0 Å². The minimum Gasteiger partial charge on any atom is -0.352 e. The summed E-state index contributed by atoms with van der Waals surface area (Å²) in [5, 5.41) is 17.4. The van der Waals surface area contributed by atoms with Crippen LogP contribution in [0.4, 0.5) is 5.95 Å². The zero-order valence-corrected chi connectivity index (χ0v) is 8.12. The van der Waals surface area contributed by atoms with Crippen LogP contribution in [0.2, 0.25) is 0 Å². The predicted molar refractivity (Wildman–Crippen MR) is 50.4 cm³/mol. The van der Waals surface area contributed by atoms with Crippen molar-refractivity contribution >= 4 is 5.95 Å². The molecule has 1 aromatic heterocycles. The number of nitrogens with zero attached hydrogens (tertiary/aromatic N) is 4. The van der Waals surface area contributed by atoms with Crippen molar-refractivity contribution in [2.45, 2.75) is 13.3 Å². The first kappa shape index (κ1) is 9.91. The highest BCUT2D eigenvalue weighted by atomic mass is 15.6. The third-order valence-electron chi connectivity index (χ3n) is 1.63. The molecule has 6 heteroatoms. The molecule has 0 amide bonds. The summed E-state index contributed by atoms with van der Waals surface area (Å²) in [6.07, 6.45) is 1.16. The maximum Gasteiger partial charge on any atom is 0.242 e. The van der Waals surface area contributed by atoms with Crippen LogP contribution in [0, 0.1) is 0 Å². The maximum absolute atomic E-state index is 3.80. The molecule has 1 heterocycles. The summed E-state index contributed by atoms with van der Waals surface area (Å²) in [6, 6.07) is 0. The van der Waals surface area contributed by atoms with Crippen LogP contribution in [-0.4, -0.2) is 39.8 Å². The average Bonchev–Trinajstić information content (AvgIpc) is 2.52. The third-order valence-corrected chi connectivity index (χ3v) is 1.63. The van der Waals surface area contributed by atoms with Gasteiger partial charge >= 0.3 is 0 Å². The van der Waals surface area contributed by atoms with E-state index in [1.807, 2.05) is 7.05 Å². The first-order valence-electron chi connectivity index (χ1n) is 4.51.